The molecule has 2 aromatic rings. The van der Waals surface area contributed by atoms with Crippen LogP contribution < -0.4 is 5.56 Å². The van der Waals surface area contributed by atoms with Crippen molar-refractivity contribution in [3.8, 4) is 5.75 Å². The Morgan fingerprint density at radius 3 is 3.00 bits per heavy atom. The van der Waals surface area contributed by atoms with E-state index in [0.717, 1.165) is 30.3 Å². The van der Waals surface area contributed by atoms with Crippen molar-refractivity contribution in [3.05, 3.63) is 39.7 Å². The lowest BCUT2D eigenvalue weighted by molar-refractivity contribution is 0.469. The molecule has 3 heteroatoms. The highest BCUT2D eigenvalue weighted by Crippen LogP contribution is 2.31. The first-order valence-corrected chi connectivity index (χ1v) is 6.10. The molecule has 0 saturated carbocycles. The van der Waals surface area contributed by atoms with E-state index in [0.29, 0.717) is 12.0 Å². The molecule has 3 rings (SSSR count). The normalized spacial score (nSPS) is 14.2. The zero-order valence-electron chi connectivity index (χ0n) is 9.86. The topological polar surface area (TPSA) is 42.2 Å². The van der Waals surface area contributed by atoms with Crippen LogP contribution in [0.25, 0.3) is 10.9 Å². The van der Waals surface area contributed by atoms with Gasteiger partial charge in [0.1, 0.15) is 5.75 Å². The average Bonchev–Trinajstić information content (AvgIpc) is 2.36. The summed E-state index contributed by atoms with van der Waals surface area (Å²) in [5.41, 5.74) is 2.61. The lowest BCUT2D eigenvalue weighted by atomic mass is 9.99. The molecule has 1 aromatic carbocycles. The minimum absolute atomic E-state index is 0.0235. The summed E-state index contributed by atoms with van der Waals surface area (Å²) in [4.78, 5) is 12.3. The van der Waals surface area contributed by atoms with Gasteiger partial charge in [0.05, 0.1) is 11.1 Å². The molecule has 2 heterocycles. The summed E-state index contributed by atoms with van der Waals surface area (Å²) >= 11 is 0. The van der Waals surface area contributed by atoms with E-state index in [1.807, 2.05) is 29.7 Å². The van der Waals surface area contributed by atoms with E-state index in [4.69, 9.17) is 0 Å². The van der Waals surface area contributed by atoms with Gasteiger partial charge >= 0.3 is 0 Å². The van der Waals surface area contributed by atoms with Crippen LogP contribution >= 0.6 is 0 Å². The van der Waals surface area contributed by atoms with Gasteiger partial charge in [-0.3, -0.25) is 4.79 Å². The van der Waals surface area contributed by atoms with Crippen molar-refractivity contribution >= 4 is 10.9 Å². The number of aromatic hydroxyl groups is 1. The summed E-state index contributed by atoms with van der Waals surface area (Å²) in [6.45, 7) is 2.67. The standard InChI is InChI=1S/C14H15NO2/c1-2-10-13(16)11-7-3-5-9-6-4-8-15(12(9)11)14(10)17/h3,5,7,16H,2,4,6,8H2,1H3. The number of aryl methyl sites for hydroxylation is 2. The Morgan fingerprint density at radius 1 is 1.41 bits per heavy atom. The predicted molar refractivity (Wildman–Crippen MR) is 67.6 cm³/mol. The maximum absolute atomic E-state index is 12.3. The highest BCUT2D eigenvalue weighted by atomic mass is 16.3. The molecular weight excluding hydrogens is 214 g/mol. The lowest BCUT2D eigenvalue weighted by Crippen LogP contribution is -2.27. The van der Waals surface area contributed by atoms with Crippen LogP contribution in [0.2, 0.25) is 0 Å². The fourth-order valence-corrected chi connectivity index (χ4v) is 2.79. The van der Waals surface area contributed by atoms with E-state index >= 15 is 0 Å². The van der Waals surface area contributed by atoms with Crippen LogP contribution in [0.5, 0.6) is 5.75 Å². The summed E-state index contributed by atoms with van der Waals surface area (Å²) in [6, 6.07) is 5.90. The fourth-order valence-electron chi connectivity index (χ4n) is 2.79. The first kappa shape index (κ1) is 10.4. The van der Waals surface area contributed by atoms with Crippen molar-refractivity contribution in [1.29, 1.82) is 0 Å². The van der Waals surface area contributed by atoms with E-state index in [2.05, 4.69) is 0 Å². The van der Waals surface area contributed by atoms with Gasteiger partial charge in [0.2, 0.25) is 0 Å². The zero-order chi connectivity index (χ0) is 12.0. The van der Waals surface area contributed by atoms with Crippen LogP contribution in [0, 0.1) is 0 Å². The fraction of sp³-hybridized carbons (Fsp3) is 0.357. The van der Waals surface area contributed by atoms with Crippen molar-refractivity contribution < 1.29 is 5.11 Å². The largest absolute Gasteiger partial charge is 0.507 e. The van der Waals surface area contributed by atoms with Crippen LogP contribution in [0.15, 0.2) is 23.0 Å². The maximum atomic E-state index is 12.3. The van der Waals surface area contributed by atoms with Gasteiger partial charge in [-0.1, -0.05) is 19.1 Å². The predicted octanol–water partition coefficient (Wildman–Crippen LogP) is 2.22. The van der Waals surface area contributed by atoms with Gasteiger partial charge in [-0.25, -0.2) is 0 Å². The van der Waals surface area contributed by atoms with Gasteiger partial charge in [0.15, 0.2) is 0 Å². The summed E-state index contributed by atoms with van der Waals surface area (Å²) in [5, 5.41) is 11.0. The molecule has 0 saturated heterocycles. The number of benzene rings is 1. The van der Waals surface area contributed by atoms with E-state index < -0.39 is 0 Å². The van der Waals surface area contributed by atoms with Crippen molar-refractivity contribution in [2.24, 2.45) is 0 Å². The highest BCUT2D eigenvalue weighted by Gasteiger charge is 2.19. The maximum Gasteiger partial charge on any atom is 0.257 e. The minimum Gasteiger partial charge on any atom is -0.507 e. The summed E-state index contributed by atoms with van der Waals surface area (Å²) < 4.78 is 1.83. The average molecular weight is 229 g/mol. The second-order valence-corrected chi connectivity index (χ2v) is 4.55. The van der Waals surface area contributed by atoms with Crippen molar-refractivity contribution in [2.45, 2.75) is 32.7 Å². The van der Waals surface area contributed by atoms with E-state index in [-0.39, 0.29) is 11.3 Å². The van der Waals surface area contributed by atoms with Crippen molar-refractivity contribution in [3.63, 3.8) is 0 Å². The Hall–Kier alpha value is -1.77. The van der Waals surface area contributed by atoms with Gasteiger partial charge in [-0.15, -0.1) is 0 Å². The van der Waals surface area contributed by atoms with Gasteiger partial charge in [-0.05, 0) is 30.9 Å². The van der Waals surface area contributed by atoms with Crippen LogP contribution in [0.4, 0.5) is 0 Å². The van der Waals surface area contributed by atoms with Crippen molar-refractivity contribution in [2.75, 3.05) is 0 Å². The molecule has 3 nitrogen and oxygen atoms in total. The number of para-hydroxylation sites is 1. The molecule has 0 spiro atoms. The molecular formula is C14H15NO2. The number of rotatable bonds is 1. The molecule has 1 aliphatic rings. The minimum atomic E-state index is -0.0235. The first-order chi connectivity index (χ1) is 8.24. The molecule has 0 aliphatic carbocycles. The lowest BCUT2D eigenvalue weighted by Gasteiger charge is -2.21. The summed E-state index contributed by atoms with van der Waals surface area (Å²) in [5.74, 6) is 0.174. The van der Waals surface area contributed by atoms with Crippen LogP contribution in [0.3, 0.4) is 0 Å². The molecule has 0 unspecified atom stereocenters. The van der Waals surface area contributed by atoms with Gasteiger partial charge in [-0.2, -0.15) is 0 Å². The molecule has 1 aliphatic heterocycles. The monoisotopic (exact) mass is 229 g/mol. The summed E-state index contributed by atoms with van der Waals surface area (Å²) in [6.07, 6.45) is 2.56. The number of pyridine rings is 1. The van der Waals surface area contributed by atoms with E-state index in [1.165, 1.54) is 5.56 Å². The summed E-state index contributed by atoms with van der Waals surface area (Å²) in [7, 11) is 0. The van der Waals surface area contributed by atoms with Crippen LogP contribution in [-0.2, 0) is 19.4 Å². The third-order valence-electron chi connectivity index (χ3n) is 3.62. The quantitative estimate of drug-likeness (QED) is 0.814. The second kappa shape index (κ2) is 3.62. The van der Waals surface area contributed by atoms with Crippen LogP contribution in [-0.4, -0.2) is 9.67 Å². The Labute approximate surface area is 99.3 Å². The first-order valence-electron chi connectivity index (χ1n) is 6.10. The van der Waals surface area contributed by atoms with E-state index in [9.17, 15) is 9.90 Å². The molecule has 1 aromatic heterocycles. The number of aromatic nitrogens is 1. The smallest absolute Gasteiger partial charge is 0.257 e. The molecule has 0 radical (unpaired) electrons. The Balaban J connectivity index is 2.56. The van der Waals surface area contributed by atoms with Gasteiger partial charge in [0.25, 0.3) is 5.56 Å². The second-order valence-electron chi connectivity index (χ2n) is 4.55. The van der Waals surface area contributed by atoms with Crippen molar-refractivity contribution in [1.82, 2.24) is 4.57 Å². The third-order valence-corrected chi connectivity index (χ3v) is 3.62. The highest BCUT2D eigenvalue weighted by molar-refractivity contribution is 5.89. The molecule has 0 bridgehead atoms. The molecule has 88 valence electrons. The number of hydrogen-bond donors (Lipinski definition) is 1. The molecule has 17 heavy (non-hydrogen) atoms. The number of hydrogen-bond acceptors (Lipinski definition) is 2. The third kappa shape index (κ3) is 1.32. The zero-order valence-corrected chi connectivity index (χ0v) is 9.86. The van der Waals surface area contributed by atoms with Crippen LogP contribution in [0.1, 0.15) is 24.5 Å². The van der Waals surface area contributed by atoms with Gasteiger partial charge in [0, 0.05) is 11.9 Å². The SMILES string of the molecule is CCc1c(O)c2cccc3c2n(c1=O)CCC3. The molecule has 1 N–H and O–H groups in total. The molecule has 0 atom stereocenters. The number of nitrogens with zero attached hydrogens (tertiary/aromatic N) is 1. The van der Waals surface area contributed by atoms with Gasteiger partial charge < -0.3 is 9.67 Å². The Kier molecular flexibility index (Phi) is 2.21. The Bertz CT molecular complexity index is 655. The molecule has 0 amide bonds. The molecule has 0 fully saturated rings. The van der Waals surface area contributed by atoms with E-state index in [1.54, 1.807) is 0 Å². The Morgan fingerprint density at radius 2 is 2.24 bits per heavy atom.